The van der Waals surface area contributed by atoms with Crippen molar-refractivity contribution in [2.45, 2.75) is 40.0 Å². The van der Waals surface area contributed by atoms with Crippen LogP contribution < -0.4 is 0 Å². The molecule has 68 valence electrons. The molecule has 0 bridgehead atoms. The fraction of sp³-hybridized carbons (Fsp3) is 0.500. The van der Waals surface area contributed by atoms with Crippen LogP contribution in [0.15, 0.2) is 36.0 Å². The zero-order valence-corrected chi connectivity index (χ0v) is 8.56. The molecule has 0 N–H and O–H groups in total. The molecule has 0 amide bonds. The summed E-state index contributed by atoms with van der Waals surface area (Å²) in [5.41, 5.74) is 2.82. The van der Waals surface area contributed by atoms with Gasteiger partial charge in [0.15, 0.2) is 0 Å². The fourth-order valence-electron chi connectivity index (χ4n) is 1.12. The Bertz CT molecular complexity index is 178. The van der Waals surface area contributed by atoms with E-state index in [1.165, 1.54) is 24.0 Å². The Hall–Kier alpha value is -0.780. The molecule has 0 atom stereocenters. The summed E-state index contributed by atoms with van der Waals surface area (Å²) in [5, 5.41) is 0. The van der Waals surface area contributed by atoms with Gasteiger partial charge in [0.2, 0.25) is 0 Å². The molecule has 0 spiro atoms. The van der Waals surface area contributed by atoms with Gasteiger partial charge in [-0.15, -0.1) is 6.58 Å². The Morgan fingerprint density at radius 3 is 2.42 bits per heavy atom. The molecule has 0 unspecified atom stereocenters. The topological polar surface area (TPSA) is 0 Å². The molecule has 0 aromatic carbocycles. The first-order valence-corrected chi connectivity index (χ1v) is 4.61. The number of rotatable bonds is 5. The molecule has 0 heteroatoms. The minimum absolute atomic E-state index is 1.12. The zero-order valence-electron chi connectivity index (χ0n) is 8.56. The maximum absolute atomic E-state index is 3.71. The van der Waals surface area contributed by atoms with Crippen LogP contribution in [-0.4, -0.2) is 0 Å². The highest BCUT2D eigenvalue weighted by atomic mass is 14.0. The largest absolute Gasteiger partial charge is 0.103 e. The third kappa shape index (κ3) is 5.96. The standard InChI is InChI=1S/C12H20/c1-5-7-8-9-12(6-2)10-11(3)4/h5-6,10H,1,7-9H2,2-4H3. The lowest BCUT2D eigenvalue weighted by Crippen LogP contribution is -1.80. The maximum atomic E-state index is 3.71. The van der Waals surface area contributed by atoms with Crippen molar-refractivity contribution in [1.82, 2.24) is 0 Å². The molecule has 0 saturated heterocycles. The van der Waals surface area contributed by atoms with Gasteiger partial charge in [-0.25, -0.2) is 0 Å². The van der Waals surface area contributed by atoms with E-state index in [1.54, 1.807) is 0 Å². The average molecular weight is 164 g/mol. The van der Waals surface area contributed by atoms with Crippen LogP contribution in [0.1, 0.15) is 40.0 Å². The Labute approximate surface area is 76.7 Å². The van der Waals surface area contributed by atoms with E-state index in [1.807, 2.05) is 6.08 Å². The molecular formula is C12H20. The predicted octanol–water partition coefficient (Wildman–Crippen LogP) is 4.26. The molecule has 0 nitrogen and oxygen atoms in total. The van der Waals surface area contributed by atoms with Crippen LogP contribution in [0.5, 0.6) is 0 Å². The van der Waals surface area contributed by atoms with E-state index in [9.17, 15) is 0 Å². The quantitative estimate of drug-likeness (QED) is 0.323. The molecule has 0 aromatic heterocycles. The van der Waals surface area contributed by atoms with Crippen molar-refractivity contribution in [3.63, 3.8) is 0 Å². The minimum Gasteiger partial charge on any atom is -0.103 e. The molecule has 0 aliphatic carbocycles. The Morgan fingerprint density at radius 2 is 2.00 bits per heavy atom. The highest BCUT2D eigenvalue weighted by molar-refractivity contribution is 5.21. The summed E-state index contributed by atoms with van der Waals surface area (Å²) in [4.78, 5) is 0. The van der Waals surface area contributed by atoms with Crippen molar-refractivity contribution in [3.8, 4) is 0 Å². The number of unbranched alkanes of at least 4 members (excludes halogenated alkanes) is 1. The van der Waals surface area contributed by atoms with Gasteiger partial charge in [-0.2, -0.15) is 0 Å². The van der Waals surface area contributed by atoms with Crippen LogP contribution in [0.4, 0.5) is 0 Å². The van der Waals surface area contributed by atoms with Gasteiger partial charge >= 0.3 is 0 Å². The van der Waals surface area contributed by atoms with Gasteiger partial charge in [0, 0.05) is 0 Å². The molecule has 0 aliphatic rings. The van der Waals surface area contributed by atoms with E-state index in [0.717, 1.165) is 6.42 Å². The van der Waals surface area contributed by atoms with Crippen LogP contribution in [0.3, 0.4) is 0 Å². The van der Waals surface area contributed by atoms with E-state index < -0.39 is 0 Å². The van der Waals surface area contributed by atoms with E-state index in [-0.39, 0.29) is 0 Å². The summed E-state index contributed by atoms with van der Waals surface area (Å²) >= 11 is 0. The van der Waals surface area contributed by atoms with E-state index >= 15 is 0 Å². The van der Waals surface area contributed by atoms with Gasteiger partial charge in [0.1, 0.15) is 0 Å². The molecule has 0 rings (SSSR count). The van der Waals surface area contributed by atoms with Crippen LogP contribution in [0.2, 0.25) is 0 Å². The Morgan fingerprint density at radius 1 is 1.33 bits per heavy atom. The SMILES string of the molecule is C=CCCCC(C=C(C)C)=CC. The summed E-state index contributed by atoms with van der Waals surface area (Å²) < 4.78 is 0. The Balaban J connectivity index is 3.86. The highest BCUT2D eigenvalue weighted by Gasteiger charge is 1.90. The third-order valence-electron chi connectivity index (χ3n) is 1.72. The summed E-state index contributed by atoms with van der Waals surface area (Å²) in [6, 6.07) is 0. The lowest BCUT2D eigenvalue weighted by molar-refractivity contribution is 0.845. The summed E-state index contributed by atoms with van der Waals surface area (Å²) in [6.07, 6.45) is 9.93. The highest BCUT2D eigenvalue weighted by Crippen LogP contribution is 2.11. The van der Waals surface area contributed by atoms with Gasteiger partial charge in [-0.05, 0) is 40.0 Å². The lowest BCUT2D eigenvalue weighted by atomic mass is 10.1. The monoisotopic (exact) mass is 164 g/mol. The first-order valence-electron chi connectivity index (χ1n) is 4.61. The Kier molecular flexibility index (Phi) is 6.45. The molecule has 0 saturated carbocycles. The van der Waals surface area contributed by atoms with Crippen molar-refractivity contribution in [2.24, 2.45) is 0 Å². The van der Waals surface area contributed by atoms with Gasteiger partial charge < -0.3 is 0 Å². The third-order valence-corrected chi connectivity index (χ3v) is 1.72. The number of allylic oxidation sites excluding steroid dienone is 5. The van der Waals surface area contributed by atoms with E-state index in [0.29, 0.717) is 0 Å². The van der Waals surface area contributed by atoms with Gasteiger partial charge in [0.25, 0.3) is 0 Å². The molecule has 0 aliphatic heterocycles. The smallest absolute Gasteiger partial charge is 0.0279 e. The minimum atomic E-state index is 1.12. The molecule has 0 fully saturated rings. The van der Waals surface area contributed by atoms with Gasteiger partial charge in [-0.3, -0.25) is 0 Å². The van der Waals surface area contributed by atoms with Crippen LogP contribution in [0, 0.1) is 0 Å². The van der Waals surface area contributed by atoms with Crippen LogP contribution in [0.25, 0.3) is 0 Å². The van der Waals surface area contributed by atoms with E-state index in [4.69, 9.17) is 0 Å². The molecule has 12 heavy (non-hydrogen) atoms. The maximum Gasteiger partial charge on any atom is -0.0279 e. The average Bonchev–Trinajstić information content (AvgIpc) is 2.02. The number of hydrogen-bond donors (Lipinski definition) is 0. The molecule has 0 heterocycles. The van der Waals surface area contributed by atoms with E-state index in [2.05, 4.69) is 39.5 Å². The van der Waals surface area contributed by atoms with Gasteiger partial charge in [-0.1, -0.05) is 29.4 Å². The zero-order chi connectivity index (χ0) is 9.40. The van der Waals surface area contributed by atoms with Crippen molar-refractivity contribution in [2.75, 3.05) is 0 Å². The summed E-state index contributed by atoms with van der Waals surface area (Å²) in [7, 11) is 0. The second-order valence-corrected chi connectivity index (χ2v) is 3.27. The lowest BCUT2D eigenvalue weighted by Gasteiger charge is -2.00. The van der Waals surface area contributed by atoms with Crippen LogP contribution >= 0.6 is 0 Å². The second-order valence-electron chi connectivity index (χ2n) is 3.27. The fourth-order valence-corrected chi connectivity index (χ4v) is 1.12. The van der Waals surface area contributed by atoms with Crippen LogP contribution in [-0.2, 0) is 0 Å². The summed E-state index contributed by atoms with van der Waals surface area (Å²) in [5.74, 6) is 0. The molecular weight excluding hydrogens is 144 g/mol. The van der Waals surface area contributed by atoms with Crippen molar-refractivity contribution in [3.05, 3.63) is 36.0 Å². The second kappa shape index (κ2) is 6.90. The van der Waals surface area contributed by atoms with Crippen molar-refractivity contribution in [1.29, 1.82) is 0 Å². The first-order chi connectivity index (χ1) is 5.70. The number of hydrogen-bond acceptors (Lipinski definition) is 0. The molecule has 0 aromatic rings. The van der Waals surface area contributed by atoms with Crippen molar-refractivity contribution < 1.29 is 0 Å². The first kappa shape index (κ1) is 11.2. The molecule has 0 radical (unpaired) electrons. The summed E-state index contributed by atoms with van der Waals surface area (Å²) in [6.45, 7) is 10.1. The predicted molar refractivity (Wildman–Crippen MR) is 57.2 cm³/mol. The normalized spacial score (nSPS) is 11.1. The van der Waals surface area contributed by atoms with Gasteiger partial charge in [0.05, 0.1) is 0 Å². The van der Waals surface area contributed by atoms with Crippen molar-refractivity contribution >= 4 is 0 Å².